The lowest BCUT2D eigenvalue weighted by Gasteiger charge is -2.14. The van der Waals surface area contributed by atoms with Gasteiger partial charge in [-0.1, -0.05) is 35.9 Å². The van der Waals surface area contributed by atoms with Crippen molar-refractivity contribution in [2.24, 2.45) is 4.99 Å². The fourth-order valence-corrected chi connectivity index (χ4v) is 2.41. The summed E-state index contributed by atoms with van der Waals surface area (Å²) in [6.45, 7) is 5.70. The molecule has 2 N–H and O–H groups in total. The monoisotopic (exact) mass is 439 g/mol. The third-order valence-corrected chi connectivity index (χ3v) is 3.76. The molecule has 4 nitrogen and oxygen atoms in total. The molecule has 0 bridgehead atoms. The van der Waals surface area contributed by atoms with E-state index in [-0.39, 0.29) is 24.0 Å². The number of nitrogens with one attached hydrogen (secondary N) is 2. The Kier molecular flexibility index (Phi) is 8.60. The van der Waals surface area contributed by atoms with Crippen LogP contribution >= 0.6 is 24.0 Å². The van der Waals surface area contributed by atoms with Crippen molar-refractivity contribution >= 4 is 29.9 Å². The maximum Gasteiger partial charge on any atom is 0.191 e. The molecule has 0 saturated carbocycles. The van der Waals surface area contributed by atoms with Gasteiger partial charge in [0, 0.05) is 20.1 Å². The zero-order valence-electron chi connectivity index (χ0n) is 14.7. The fourth-order valence-electron chi connectivity index (χ4n) is 2.41. The normalized spacial score (nSPS) is 10.8. The van der Waals surface area contributed by atoms with E-state index in [2.05, 4.69) is 53.7 Å². The Morgan fingerprint density at radius 2 is 1.79 bits per heavy atom. The Bertz CT molecular complexity index is 686. The van der Waals surface area contributed by atoms with Gasteiger partial charge in [0.25, 0.3) is 0 Å². The highest BCUT2D eigenvalue weighted by atomic mass is 127. The zero-order chi connectivity index (χ0) is 16.7. The minimum Gasteiger partial charge on any atom is -0.497 e. The predicted molar refractivity (Wildman–Crippen MR) is 111 cm³/mol. The van der Waals surface area contributed by atoms with Gasteiger partial charge in [-0.05, 0) is 42.7 Å². The summed E-state index contributed by atoms with van der Waals surface area (Å²) in [7, 11) is 3.46. The van der Waals surface area contributed by atoms with Gasteiger partial charge in [-0.3, -0.25) is 4.99 Å². The number of benzene rings is 2. The third-order valence-electron chi connectivity index (χ3n) is 3.76. The molecule has 2 aromatic carbocycles. The van der Waals surface area contributed by atoms with Crippen LogP contribution < -0.4 is 15.4 Å². The Hall–Kier alpha value is -1.76. The molecule has 0 unspecified atom stereocenters. The van der Waals surface area contributed by atoms with E-state index in [1.54, 1.807) is 14.2 Å². The maximum absolute atomic E-state index is 5.24. The molecule has 0 aliphatic carbocycles. The Morgan fingerprint density at radius 3 is 2.46 bits per heavy atom. The van der Waals surface area contributed by atoms with Crippen LogP contribution in [-0.2, 0) is 13.1 Å². The summed E-state index contributed by atoms with van der Waals surface area (Å²) in [6, 6.07) is 14.5. The molecule has 0 radical (unpaired) electrons. The van der Waals surface area contributed by atoms with Crippen LogP contribution in [0.2, 0.25) is 0 Å². The van der Waals surface area contributed by atoms with Crippen molar-refractivity contribution in [2.75, 3.05) is 14.2 Å². The lowest BCUT2D eigenvalue weighted by Crippen LogP contribution is -2.36. The van der Waals surface area contributed by atoms with Crippen LogP contribution in [0.15, 0.2) is 47.5 Å². The van der Waals surface area contributed by atoms with Crippen molar-refractivity contribution in [3.8, 4) is 5.75 Å². The van der Waals surface area contributed by atoms with Crippen LogP contribution in [0.25, 0.3) is 0 Å². The summed E-state index contributed by atoms with van der Waals surface area (Å²) >= 11 is 0. The number of rotatable bonds is 5. The summed E-state index contributed by atoms with van der Waals surface area (Å²) in [6.07, 6.45) is 0. The topological polar surface area (TPSA) is 45.7 Å². The van der Waals surface area contributed by atoms with E-state index < -0.39 is 0 Å². The fraction of sp³-hybridized carbons (Fsp3) is 0.316. The summed E-state index contributed by atoms with van der Waals surface area (Å²) in [5, 5.41) is 6.67. The second-order valence-corrected chi connectivity index (χ2v) is 5.56. The van der Waals surface area contributed by atoms with Gasteiger partial charge in [0.1, 0.15) is 5.75 Å². The van der Waals surface area contributed by atoms with E-state index in [4.69, 9.17) is 4.74 Å². The summed E-state index contributed by atoms with van der Waals surface area (Å²) in [5.41, 5.74) is 5.01. The molecular weight excluding hydrogens is 413 g/mol. The van der Waals surface area contributed by atoms with E-state index in [1.807, 2.05) is 18.2 Å². The van der Waals surface area contributed by atoms with E-state index in [0.717, 1.165) is 23.8 Å². The second kappa shape index (κ2) is 10.2. The number of methoxy groups -OCH3 is 1. The number of halogens is 1. The van der Waals surface area contributed by atoms with Gasteiger partial charge in [-0.25, -0.2) is 0 Å². The highest BCUT2D eigenvalue weighted by Crippen LogP contribution is 2.12. The molecule has 130 valence electrons. The highest BCUT2D eigenvalue weighted by molar-refractivity contribution is 14.0. The maximum atomic E-state index is 5.24. The van der Waals surface area contributed by atoms with Gasteiger partial charge in [0.05, 0.1) is 7.11 Å². The smallest absolute Gasteiger partial charge is 0.191 e. The molecule has 0 aliphatic rings. The molecule has 0 aliphatic heterocycles. The summed E-state index contributed by atoms with van der Waals surface area (Å²) in [4.78, 5) is 4.27. The van der Waals surface area contributed by atoms with Gasteiger partial charge < -0.3 is 15.4 Å². The molecule has 0 saturated heterocycles. The van der Waals surface area contributed by atoms with Crippen molar-refractivity contribution in [1.29, 1.82) is 0 Å². The number of hydrogen-bond donors (Lipinski definition) is 2. The molecule has 2 rings (SSSR count). The number of hydrogen-bond acceptors (Lipinski definition) is 2. The van der Waals surface area contributed by atoms with Crippen LogP contribution in [0.5, 0.6) is 5.75 Å². The molecular formula is C19H26IN3O. The van der Waals surface area contributed by atoms with Crippen LogP contribution in [0.4, 0.5) is 0 Å². The average molecular weight is 439 g/mol. The lowest BCUT2D eigenvalue weighted by molar-refractivity contribution is 0.414. The van der Waals surface area contributed by atoms with Crippen molar-refractivity contribution in [2.45, 2.75) is 26.9 Å². The average Bonchev–Trinajstić information content (AvgIpc) is 2.56. The van der Waals surface area contributed by atoms with Gasteiger partial charge >= 0.3 is 0 Å². The molecule has 0 amide bonds. The minimum atomic E-state index is 0. The zero-order valence-corrected chi connectivity index (χ0v) is 17.0. The number of nitrogens with zero attached hydrogens (tertiary/aromatic N) is 1. The van der Waals surface area contributed by atoms with Crippen LogP contribution in [0.3, 0.4) is 0 Å². The van der Waals surface area contributed by atoms with E-state index in [9.17, 15) is 0 Å². The molecule has 2 aromatic rings. The summed E-state index contributed by atoms with van der Waals surface area (Å²) < 4.78 is 5.24. The van der Waals surface area contributed by atoms with Crippen LogP contribution in [0.1, 0.15) is 22.3 Å². The molecule has 0 fully saturated rings. The first-order valence-electron chi connectivity index (χ1n) is 7.76. The standard InChI is InChI=1S/C19H25N3O.HI/c1-14-8-9-17(15(2)10-14)13-22-19(20-3)21-12-16-6-5-7-18(11-16)23-4;/h5-11H,12-13H2,1-4H3,(H2,20,21,22);1H. The number of aryl methyl sites for hydroxylation is 2. The Morgan fingerprint density at radius 1 is 1.04 bits per heavy atom. The van der Waals surface area contributed by atoms with Gasteiger partial charge in [-0.2, -0.15) is 0 Å². The Labute approximate surface area is 161 Å². The molecule has 0 aromatic heterocycles. The second-order valence-electron chi connectivity index (χ2n) is 5.56. The number of ether oxygens (including phenoxy) is 1. The molecule has 0 spiro atoms. The van der Waals surface area contributed by atoms with E-state index >= 15 is 0 Å². The van der Waals surface area contributed by atoms with Gasteiger partial charge in [-0.15, -0.1) is 24.0 Å². The Balaban J connectivity index is 0.00000288. The van der Waals surface area contributed by atoms with E-state index in [1.165, 1.54) is 16.7 Å². The van der Waals surface area contributed by atoms with Crippen LogP contribution in [0, 0.1) is 13.8 Å². The van der Waals surface area contributed by atoms with Crippen molar-refractivity contribution < 1.29 is 4.74 Å². The number of guanidine groups is 1. The highest BCUT2D eigenvalue weighted by Gasteiger charge is 2.02. The van der Waals surface area contributed by atoms with Gasteiger partial charge in [0.15, 0.2) is 5.96 Å². The van der Waals surface area contributed by atoms with Crippen molar-refractivity contribution in [3.63, 3.8) is 0 Å². The summed E-state index contributed by atoms with van der Waals surface area (Å²) in [5.74, 6) is 1.65. The van der Waals surface area contributed by atoms with Crippen molar-refractivity contribution in [3.05, 3.63) is 64.7 Å². The number of aliphatic imine (C=N–C) groups is 1. The molecule has 0 atom stereocenters. The quantitative estimate of drug-likeness (QED) is 0.424. The van der Waals surface area contributed by atoms with E-state index in [0.29, 0.717) is 6.54 Å². The minimum absolute atomic E-state index is 0. The predicted octanol–water partition coefficient (Wildman–Crippen LogP) is 3.80. The molecule has 5 heteroatoms. The first-order chi connectivity index (χ1) is 11.1. The first kappa shape index (κ1) is 20.3. The SMILES string of the molecule is CN=C(NCc1cccc(OC)c1)NCc1ccc(C)cc1C.I. The van der Waals surface area contributed by atoms with Crippen LogP contribution in [-0.4, -0.2) is 20.1 Å². The largest absolute Gasteiger partial charge is 0.497 e. The van der Waals surface area contributed by atoms with Gasteiger partial charge in [0.2, 0.25) is 0 Å². The molecule has 0 heterocycles. The molecule has 24 heavy (non-hydrogen) atoms. The van der Waals surface area contributed by atoms with Crippen molar-refractivity contribution in [1.82, 2.24) is 10.6 Å². The first-order valence-corrected chi connectivity index (χ1v) is 7.76. The lowest BCUT2D eigenvalue weighted by atomic mass is 10.1. The third kappa shape index (κ3) is 6.03.